The molecule has 0 aliphatic carbocycles. The topological polar surface area (TPSA) is 59.9 Å². The molecule has 0 bridgehead atoms. The number of H-pyrrole nitrogens is 1. The molecule has 0 aliphatic rings. The number of aromatic amines is 1. The van der Waals surface area contributed by atoms with Crippen LogP contribution in [0.25, 0.3) is 5.69 Å². The number of hydrogen-bond acceptors (Lipinski definition) is 3. The first kappa shape index (κ1) is 10.5. The molecule has 0 radical (unpaired) electrons. The van der Waals surface area contributed by atoms with Crippen molar-refractivity contribution in [2.24, 2.45) is 0 Å². The Morgan fingerprint density at radius 1 is 1.38 bits per heavy atom. The molecule has 2 rings (SSSR count). The van der Waals surface area contributed by atoms with Crippen LogP contribution in [0.4, 0.5) is 0 Å². The van der Waals surface area contributed by atoms with Gasteiger partial charge in [0.15, 0.2) is 0 Å². The maximum atomic E-state index is 11.3. The van der Waals surface area contributed by atoms with Crippen LogP contribution in [0.15, 0.2) is 35.4 Å². The van der Waals surface area contributed by atoms with Gasteiger partial charge in [-0.15, -0.1) is 0 Å². The van der Waals surface area contributed by atoms with E-state index in [1.54, 1.807) is 0 Å². The molecule has 0 aliphatic heterocycles. The van der Waals surface area contributed by atoms with Crippen molar-refractivity contribution in [1.82, 2.24) is 14.8 Å². The second kappa shape index (κ2) is 4.65. The summed E-state index contributed by atoms with van der Waals surface area (Å²) in [6.45, 7) is 2.75. The van der Waals surface area contributed by atoms with Gasteiger partial charge in [0.05, 0.1) is 12.3 Å². The van der Waals surface area contributed by atoms with Crippen LogP contribution in [0.2, 0.25) is 0 Å². The second-order valence-electron chi connectivity index (χ2n) is 3.37. The van der Waals surface area contributed by atoms with Gasteiger partial charge in [-0.2, -0.15) is 5.10 Å². The van der Waals surface area contributed by atoms with Gasteiger partial charge in [0.2, 0.25) is 0 Å². The zero-order valence-electron chi connectivity index (χ0n) is 9.01. The molecular formula is C11H13N3O2. The van der Waals surface area contributed by atoms with Gasteiger partial charge in [0.1, 0.15) is 12.1 Å². The van der Waals surface area contributed by atoms with E-state index >= 15 is 0 Å². The third kappa shape index (κ3) is 2.13. The van der Waals surface area contributed by atoms with Crippen molar-refractivity contribution in [2.75, 3.05) is 6.61 Å². The van der Waals surface area contributed by atoms with Gasteiger partial charge >= 0.3 is 5.69 Å². The Morgan fingerprint density at radius 2 is 2.12 bits per heavy atom. The van der Waals surface area contributed by atoms with Crippen molar-refractivity contribution in [3.8, 4) is 11.4 Å². The first-order chi connectivity index (χ1) is 7.81. The van der Waals surface area contributed by atoms with E-state index in [0.717, 1.165) is 17.9 Å². The fourth-order valence-corrected chi connectivity index (χ4v) is 1.35. The van der Waals surface area contributed by atoms with Crippen LogP contribution >= 0.6 is 0 Å². The van der Waals surface area contributed by atoms with E-state index in [-0.39, 0.29) is 5.69 Å². The summed E-state index contributed by atoms with van der Waals surface area (Å²) in [7, 11) is 0. The highest BCUT2D eigenvalue weighted by Gasteiger charge is 2.00. The summed E-state index contributed by atoms with van der Waals surface area (Å²) in [6, 6.07) is 7.32. The Balaban J connectivity index is 2.20. The molecule has 2 aromatic rings. The zero-order valence-corrected chi connectivity index (χ0v) is 9.01. The molecule has 5 heteroatoms. The Labute approximate surface area is 92.7 Å². The van der Waals surface area contributed by atoms with Gasteiger partial charge in [-0.05, 0) is 30.7 Å². The minimum Gasteiger partial charge on any atom is -0.494 e. The minimum atomic E-state index is -0.248. The lowest BCUT2D eigenvalue weighted by Gasteiger charge is -2.05. The molecule has 1 heterocycles. The van der Waals surface area contributed by atoms with Gasteiger partial charge in [0, 0.05) is 0 Å². The predicted octanol–water partition coefficient (Wildman–Crippen LogP) is 1.35. The highest BCUT2D eigenvalue weighted by Crippen LogP contribution is 2.13. The van der Waals surface area contributed by atoms with E-state index in [1.807, 2.05) is 24.3 Å². The average Bonchev–Trinajstić information content (AvgIpc) is 2.74. The summed E-state index contributed by atoms with van der Waals surface area (Å²) in [6.07, 6.45) is 2.42. The number of nitrogens with zero attached hydrogens (tertiary/aromatic N) is 2. The first-order valence-electron chi connectivity index (χ1n) is 5.16. The summed E-state index contributed by atoms with van der Waals surface area (Å²) in [4.78, 5) is 11.3. The Kier molecular flexibility index (Phi) is 3.05. The normalized spacial score (nSPS) is 10.3. The molecule has 0 saturated heterocycles. The fourth-order valence-electron chi connectivity index (χ4n) is 1.35. The molecule has 1 N–H and O–H groups in total. The maximum Gasteiger partial charge on any atom is 0.347 e. The Morgan fingerprint density at radius 3 is 2.69 bits per heavy atom. The molecule has 5 nitrogen and oxygen atoms in total. The number of benzene rings is 1. The SMILES string of the molecule is CCCOc1ccc(-n2cn[nH]c2=O)cc1. The van der Waals surface area contributed by atoms with Crippen LogP contribution in [-0.2, 0) is 0 Å². The van der Waals surface area contributed by atoms with E-state index in [4.69, 9.17) is 4.74 Å². The summed E-state index contributed by atoms with van der Waals surface area (Å²) >= 11 is 0. The van der Waals surface area contributed by atoms with Crippen LogP contribution in [0.1, 0.15) is 13.3 Å². The van der Waals surface area contributed by atoms with Crippen molar-refractivity contribution in [3.05, 3.63) is 41.1 Å². The maximum absolute atomic E-state index is 11.3. The van der Waals surface area contributed by atoms with E-state index in [0.29, 0.717) is 6.61 Å². The molecule has 0 fully saturated rings. The van der Waals surface area contributed by atoms with Crippen molar-refractivity contribution < 1.29 is 4.74 Å². The highest BCUT2D eigenvalue weighted by molar-refractivity contribution is 5.36. The van der Waals surface area contributed by atoms with Gasteiger partial charge in [-0.25, -0.2) is 14.5 Å². The van der Waals surface area contributed by atoms with E-state index in [9.17, 15) is 4.79 Å². The van der Waals surface area contributed by atoms with Crippen LogP contribution in [0.3, 0.4) is 0 Å². The van der Waals surface area contributed by atoms with Gasteiger partial charge in [0.25, 0.3) is 0 Å². The second-order valence-corrected chi connectivity index (χ2v) is 3.37. The molecule has 0 saturated carbocycles. The molecule has 16 heavy (non-hydrogen) atoms. The van der Waals surface area contributed by atoms with Crippen LogP contribution in [-0.4, -0.2) is 21.4 Å². The van der Waals surface area contributed by atoms with Crippen molar-refractivity contribution in [3.63, 3.8) is 0 Å². The third-order valence-corrected chi connectivity index (χ3v) is 2.14. The van der Waals surface area contributed by atoms with Crippen LogP contribution in [0, 0.1) is 0 Å². The summed E-state index contributed by atoms with van der Waals surface area (Å²) < 4.78 is 6.88. The number of hydrogen-bond donors (Lipinski definition) is 1. The summed E-state index contributed by atoms with van der Waals surface area (Å²) in [5.74, 6) is 0.808. The molecule has 0 atom stereocenters. The number of rotatable bonds is 4. The third-order valence-electron chi connectivity index (χ3n) is 2.14. The standard InChI is InChI=1S/C11H13N3O2/c1-2-7-16-10-5-3-9(4-6-10)14-8-12-13-11(14)15/h3-6,8H,2,7H2,1H3,(H,13,15). The van der Waals surface area contributed by atoms with Crippen LogP contribution in [0.5, 0.6) is 5.75 Å². The first-order valence-corrected chi connectivity index (χ1v) is 5.16. The van der Waals surface area contributed by atoms with E-state index in [2.05, 4.69) is 17.1 Å². The lowest BCUT2D eigenvalue weighted by atomic mass is 10.3. The summed E-state index contributed by atoms with van der Waals surface area (Å²) in [5.41, 5.74) is 0.518. The molecule has 0 unspecified atom stereocenters. The average molecular weight is 219 g/mol. The van der Waals surface area contributed by atoms with E-state index in [1.165, 1.54) is 10.9 Å². The van der Waals surface area contributed by atoms with Crippen molar-refractivity contribution >= 4 is 0 Å². The van der Waals surface area contributed by atoms with E-state index < -0.39 is 0 Å². The molecule has 1 aromatic carbocycles. The van der Waals surface area contributed by atoms with Gasteiger partial charge < -0.3 is 4.74 Å². The number of aromatic nitrogens is 3. The number of ether oxygens (including phenoxy) is 1. The Hall–Kier alpha value is -2.04. The van der Waals surface area contributed by atoms with Gasteiger partial charge in [-0.3, -0.25) is 0 Å². The molecule has 84 valence electrons. The Bertz CT molecular complexity index is 498. The fraction of sp³-hybridized carbons (Fsp3) is 0.273. The number of nitrogens with one attached hydrogen (secondary N) is 1. The predicted molar refractivity (Wildman–Crippen MR) is 60.0 cm³/mol. The van der Waals surface area contributed by atoms with Crippen LogP contribution < -0.4 is 10.4 Å². The molecule has 0 spiro atoms. The van der Waals surface area contributed by atoms with Crippen molar-refractivity contribution in [2.45, 2.75) is 13.3 Å². The largest absolute Gasteiger partial charge is 0.494 e. The molecule has 1 aromatic heterocycles. The summed E-state index contributed by atoms with van der Waals surface area (Å²) in [5, 5.41) is 6.01. The van der Waals surface area contributed by atoms with Crippen molar-refractivity contribution in [1.29, 1.82) is 0 Å². The smallest absolute Gasteiger partial charge is 0.347 e. The monoisotopic (exact) mass is 219 g/mol. The lowest BCUT2D eigenvalue weighted by molar-refractivity contribution is 0.317. The lowest BCUT2D eigenvalue weighted by Crippen LogP contribution is -2.13. The minimum absolute atomic E-state index is 0.248. The zero-order chi connectivity index (χ0) is 11.4. The molecule has 0 amide bonds. The quantitative estimate of drug-likeness (QED) is 0.844. The van der Waals surface area contributed by atoms with Gasteiger partial charge in [-0.1, -0.05) is 6.92 Å². The highest BCUT2D eigenvalue weighted by atomic mass is 16.5. The molecular weight excluding hydrogens is 206 g/mol.